The van der Waals surface area contributed by atoms with Gasteiger partial charge in [-0.15, -0.1) is 0 Å². The van der Waals surface area contributed by atoms with Crippen molar-refractivity contribution in [3.05, 3.63) is 53.5 Å². The second kappa shape index (κ2) is 8.98. The SMILES string of the molecule is CCc1nn(CCC#N)c(Oc2ncccn2)c1Oc1cc(C#N)cc(C#N)c1. The largest absolute Gasteiger partial charge is 0.450 e. The topological polar surface area (TPSA) is 133 Å². The van der Waals surface area contributed by atoms with E-state index in [-0.39, 0.29) is 24.9 Å². The van der Waals surface area contributed by atoms with Gasteiger partial charge in [0, 0.05) is 12.4 Å². The molecule has 0 radical (unpaired) electrons. The van der Waals surface area contributed by atoms with Crippen LogP contribution in [0.2, 0.25) is 0 Å². The standard InChI is InChI=1S/C20H15N7O2/c1-2-17-18(28-16-10-14(12-22)9-15(11-16)13-23)19(27(26-17)8-3-5-21)29-20-24-6-4-7-25-20/h4,6-7,9-11H,2-3,8H2,1H3. The Hall–Kier alpha value is -4.42. The molecule has 3 rings (SSSR count). The summed E-state index contributed by atoms with van der Waals surface area (Å²) in [6.07, 6.45) is 3.83. The van der Waals surface area contributed by atoms with E-state index < -0.39 is 0 Å². The van der Waals surface area contributed by atoms with E-state index in [1.54, 1.807) is 6.07 Å². The summed E-state index contributed by atoms with van der Waals surface area (Å²) in [4.78, 5) is 8.10. The lowest BCUT2D eigenvalue weighted by Crippen LogP contribution is -2.04. The first kappa shape index (κ1) is 19.3. The number of aromatic nitrogens is 4. The third kappa shape index (κ3) is 4.47. The van der Waals surface area contributed by atoms with E-state index >= 15 is 0 Å². The van der Waals surface area contributed by atoms with Gasteiger partial charge >= 0.3 is 6.01 Å². The lowest BCUT2D eigenvalue weighted by atomic mass is 10.1. The first-order chi connectivity index (χ1) is 14.2. The van der Waals surface area contributed by atoms with Crippen LogP contribution in [0.5, 0.6) is 23.4 Å². The van der Waals surface area contributed by atoms with Crippen LogP contribution in [-0.4, -0.2) is 19.7 Å². The van der Waals surface area contributed by atoms with Gasteiger partial charge in [0.15, 0.2) is 0 Å². The first-order valence-electron chi connectivity index (χ1n) is 8.73. The molecule has 0 atom stereocenters. The molecule has 9 nitrogen and oxygen atoms in total. The average Bonchev–Trinajstić information content (AvgIpc) is 3.08. The van der Waals surface area contributed by atoms with E-state index in [2.05, 4.69) is 21.1 Å². The number of aryl methyl sites for hydroxylation is 2. The normalized spacial score (nSPS) is 9.86. The van der Waals surface area contributed by atoms with E-state index in [9.17, 15) is 10.5 Å². The van der Waals surface area contributed by atoms with E-state index in [1.807, 2.05) is 19.1 Å². The average molecular weight is 385 g/mol. The fraction of sp³-hybridized carbons (Fsp3) is 0.200. The summed E-state index contributed by atoms with van der Waals surface area (Å²) in [5.74, 6) is 0.856. The number of nitrogens with zero attached hydrogens (tertiary/aromatic N) is 7. The fourth-order valence-electron chi connectivity index (χ4n) is 2.55. The van der Waals surface area contributed by atoms with Gasteiger partial charge in [-0.2, -0.15) is 20.9 Å². The van der Waals surface area contributed by atoms with Crippen LogP contribution in [0, 0.1) is 34.0 Å². The van der Waals surface area contributed by atoms with Crippen LogP contribution in [0.1, 0.15) is 30.2 Å². The second-order valence-electron chi connectivity index (χ2n) is 5.77. The summed E-state index contributed by atoms with van der Waals surface area (Å²) in [5.41, 5.74) is 1.18. The van der Waals surface area contributed by atoms with Gasteiger partial charge in [0.25, 0.3) is 5.88 Å². The molecule has 0 spiro atoms. The highest BCUT2D eigenvalue weighted by Crippen LogP contribution is 2.38. The number of rotatable bonds is 7. The molecular weight excluding hydrogens is 370 g/mol. The molecule has 0 saturated carbocycles. The van der Waals surface area contributed by atoms with Gasteiger partial charge in [-0.3, -0.25) is 0 Å². The van der Waals surface area contributed by atoms with E-state index in [0.717, 1.165) is 0 Å². The number of ether oxygens (including phenoxy) is 2. The van der Waals surface area contributed by atoms with Gasteiger partial charge < -0.3 is 9.47 Å². The number of benzene rings is 1. The predicted octanol–water partition coefficient (Wildman–Crippen LogP) is 3.48. The summed E-state index contributed by atoms with van der Waals surface area (Å²) < 4.78 is 13.3. The highest BCUT2D eigenvalue weighted by Gasteiger charge is 2.22. The molecule has 0 amide bonds. The zero-order chi connectivity index (χ0) is 20.6. The summed E-state index contributed by atoms with van der Waals surface area (Å²) in [6, 6.07) is 12.4. The number of hydrogen-bond donors (Lipinski definition) is 0. The molecule has 0 aliphatic heterocycles. The smallest absolute Gasteiger partial charge is 0.323 e. The maximum absolute atomic E-state index is 9.20. The molecule has 0 bridgehead atoms. The summed E-state index contributed by atoms with van der Waals surface area (Å²) in [5, 5.41) is 31.8. The zero-order valence-corrected chi connectivity index (χ0v) is 15.5. The van der Waals surface area contributed by atoms with E-state index in [1.165, 1.54) is 35.3 Å². The Kier molecular flexibility index (Phi) is 5.99. The minimum atomic E-state index is 0.0987. The minimum Gasteiger partial charge on any atom is -0.450 e. The van der Waals surface area contributed by atoms with Crippen LogP contribution >= 0.6 is 0 Å². The van der Waals surface area contributed by atoms with E-state index in [0.29, 0.717) is 34.7 Å². The number of nitriles is 3. The maximum atomic E-state index is 9.20. The molecule has 0 unspecified atom stereocenters. The van der Waals surface area contributed by atoms with Crippen molar-refractivity contribution in [2.24, 2.45) is 0 Å². The lowest BCUT2D eigenvalue weighted by molar-refractivity contribution is 0.360. The molecule has 2 aromatic heterocycles. The zero-order valence-electron chi connectivity index (χ0n) is 15.5. The Labute approximate surface area is 167 Å². The van der Waals surface area contributed by atoms with Gasteiger partial charge in [-0.1, -0.05) is 6.92 Å². The minimum absolute atomic E-state index is 0.0987. The quantitative estimate of drug-likeness (QED) is 0.603. The van der Waals surface area contributed by atoms with Crippen LogP contribution in [-0.2, 0) is 13.0 Å². The molecule has 142 valence electrons. The molecule has 1 aromatic carbocycles. The predicted molar refractivity (Wildman–Crippen MR) is 99.9 cm³/mol. The Morgan fingerprint density at radius 3 is 2.28 bits per heavy atom. The molecule has 29 heavy (non-hydrogen) atoms. The van der Waals surface area contributed by atoms with Gasteiger partial charge in [0.1, 0.15) is 11.4 Å². The Balaban J connectivity index is 2.07. The van der Waals surface area contributed by atoms with Gasteiger partial charge in [0.2, 0.25) is 5.75 Å². The van der Waals surface area contributed by atoms with Crippen molar-refractivity contribution in [3.8, 4) is 41.6 Å². The molecule has 0 saturated heterocycles. The Morgan fingerprint density at radius 1 is 1.00 bits per heavy atom. The van der Waals surface area contributed by atoms with Gasteiger partial charge in [-0.05, 0) is 30.7 Å². The summed E-state index contributed by atoms with van der Waals surface area (Å²) >= 11 is 0. The molecule has 0 N–H and O–H groups in total. The molecule has 2 heterocycles. The van der Waals surface area contributed by atoms with Crippen LogP contribution in [0.3, 0.4) is 0 Å². The number of hydrogen-bond acceptors (Lipinski definition) is 8. The molecule has 0 aliphatic carbocycles. The summed E-state index contributed by atoms with van der Waals surface area (Å²) in [7, 11) is 0. The van der Waals surface area contributed by atoms with Crippen LogP contribution < -0.4 is 9.47 Å². The van der Waals surface area contributed by atoms with Gasteiger partial charge in [-0.25, -0.2) is 14.6 Å². The fourth-order valence-corrected chi connectivity index (χ4v) is 2.55. The highest BCUT2D eigenvalue weighted by molar-refractivity contribution is 5.49. The van der Waals surface area contributed by atoms with Crippen LogP contribution in [0.25, 0.3) is 0 Å². The Morgan fingerprint density at radius 2 is 1.69 bits per heavy atom. The third-order valence-corrected chi connectivity index (χ3v) is 3.82. The van der Waals surface area contributed by atoms with E-state index in [4.69, 9.17) is 14.7 Å². The first-order valence-corrected chi connectivity index (χ1v) is 8.73. The second-order valence-corrected chi connectivity index (χ2v) is 5.77. The van der Waals surface area contributed by atoms with Crippen LogP contribution in [0.4, 0.5) is 0 Å². The molecule has 0 fully saturated rings. The van der Waals surface area contributed by atoms with Crippen molar-refractivity contribution in [1.82, 2.24) is 19.7 Å². The molecular formula is C20H15N7O2. The van der Waals surface area contributed by atoms with Crippen molar-refractivity contribution in [1.29, 1.82) is 15.8 Å². The third-order valence-electron chi connectivity index (χ3n) is 3.82. The van der Waals surface area contributed by atoms with Crippen molar-refractivity contribution < 1.29 is 9.47 Å². The van der Waals surface area contributed by atoms with Gasteiger partial charge in [0.05, 0.1) is 42.3 Å². The Bertz CT molecular complexity index is 1100. The van der Waals surface area contributed by atoms with Crippen molar-refractivity contribution in [3.63, 3.8) is 0 Å². The van der Waals surface area contributed by atoms with Crippen molar-refractivity contribution >= 4 is 0 Å². The van der Waals surface area contributed by atoms with Crippen molar-refractivity contribution in [2.75, 3.05) is 0 Å². The monoisotopic (exact) mass is 385 g/mol. The molecule has 3 aromatic rings. The van der Waals surface area contributed by atoms with Crippen LogP contribution in [0.15, 0.2) is 36.7 Å². The maximum Gasteiger partial charge on any atom is 0.323 e. The molecule has 0 aliphatic rings. The molecule has 9 heteroatoms. The summed E-state index contributed by atoms with van der Waals surface area (Å²) in [6.45, 7) is 2.19. The lowest BCUT2D eigenvalue weighted by Gasteiger charge is -2.10. The van der Waals surface area contributed by atoms with Crippen molar-refractivity contribution in [2.45, 2.75) is 26.3 Å². The highest BCUT2D eigenvalue weighted by atomic mass is 16.5.